The lowest BCUT2D eigenvalue weighted by atomic mass is 9.92. The van der Waals surface area contributed by atoms with Gasteiger partial charge in [0, 0.05) is 37.8 Å². The summed E-state index contributed by atoms with van der Waals surface area (Å²) in [5.41, 5.74) is 2.17. The second-order valence-corrected chi connectivity index (χ2v) is 6.14. The summed E-state index contributed by atoms with van der Waals surface area (Å²) in [5.74, 6) is 1.14. The average molecular weight is 276 g/mol. The quantitative estimate of drug-likeness (QED) is 0.868. The van der Waals surface area contributed by atoms with Crippen LogP contribution in [0.3, 0.4) is 0 Å². The molecule has 0 amide bonds. The van der Waals surface area contributed by atoms with Crippen molar-refractivity contribution in [2.75, 3.05) is 26.2 Å². The molecule has 3 nitrogen and oxygen atoms in total. The van der Waals surface area contributed by atoms with Crippen molar-refractivity contribution in [1.29, 1.82) is 0 Å². The van der Waals surface area contributed by atoms with Crippen molar-refractivity contribution in [3.8, 4) is 5.75 Å². The Morgan fingerprint density at radius 1 is 1.25 bits per heavy atom. The molecule has 0 saturated carbocycles. The van der Waals surface area contributed by atoms with E-state index in [4.69, 9.17) is 0 Å². The van der Waals surface area contributed by atoms with Gasteiger partial charge < -0.3 is 10.4 Å². The highest BCUT2D eigenvalue weighted by atomic mass is 16.3. The third-order valence-corrected chi connectivity index (χ3v) is 4.18. The molecule has 0 unspecified atom stereocenters. The van der Waals surface area contributed by atoms with Gasteiger partial charge in [-0.1, -0.05) is 39.0 Å². The molecule has 2 rings (SSSR count). The Morgan fingerprint density at radius 2 is 1.95 bits per heavy atom. The van der Waals surface area contributed by atoms with E-state index in [0.717, 1.165) is 50.1 Å². The predicted octanol–water partition coefficient (Wildman–Crippen LogP) is 2.95. The van der Waals surface area contributed by atoms with Crippen LogP contribution >= 0.6 is 0 Å². The van der Waals surface area contributed by atoms with E-state index in [1.807, 2.05) is 6.07 Å². The van der Waals surface area contributed by atoms with Gasteiger partial charge in [-0.05, 0) is 24.3 Å². The first-order valence-corrected chi connectivity index (χ1v) is 7.89. The smallest absolute Gasteiger partial charge is 0.123 e. The molecule has 3 heteroatoms. The highest BCUT2D eigenvalue weighted by Crippen LogP contribution is 2.35. The first-order valence-electron chi connectivity index (χ1n) is 7.89. The molecule has 2 N–H and O–H groups in total. The fourth-order valence-corrected chi connectivity index (χ4v) is 3.08. The molecule has 1 aromatic carbocycles. The zero-order valence-corrected chi connectivity index (χ0v) is 13.0. The van der Waals surface area contributed by atoms with Crippen molar-refractivity contribution in [2.45, 2.75) is 39.7 Å². The predicted molar refractivity (Wildman–Crippen MR) is 84.1 cm³/mol. The monoisotopic (exact) mass is 276 g/mol. The second kappa shape index (κ2) is 7.09. The molecular weight excluding hydrogens is 248 g/mol. The first kappa shape index (κ1) is 15.3. The van der Waals surface area contributed by atoms with E-state index >= 15 is 0 Å². The van der Waals surface area contributed by atoms with Crippen LogP contribution in [0, 0.1) is 5.92 Å². The fourth-order valence-electron chi connectivity index (χ4n) is 3.08. The molecule has 1 atom stereocenters. The van der Waals surface area contributed by atoms with Gasteiger partial charge in [-0.15, -0.1) is 0 Å². The van der Waals surface area contributed by atoms with Gasteiger partial charge in [0.05, 0.1) is 0 Å². The number of hydrogen-bond acceptors (Lipinski definition) is 3. The number of nitrogens with one attached hydrogen (secondary N) is 1. The maximum absolute atomic E-state index is 10.6. The highest BCUT2D eigenvalue weighted by Gasteiger charge is 2.25. The van der Waals surface area contributed by atoms with Crippen LogP contribution < -0.4 is 5.32 Å². The lowest BCUT2D eigenvalue weighted by Crippen LogP contribution is -2.45. The summed E-state index contributed by atoms with van der Waals surface area (Å²) in [5, 5.41) is 14.0. The molecule has 20 heavy (non-hydrogen) atoms. The fraction of sp³-hybridized carbons (Fsp3) is 0.647. The number of nitrogens with zero attached hydrogens (tertiary/aromatic N) is 1. The van der Waals surface area contributed by atoms with Crippen LogP contribution in [0.5, 0.6) is 5.75 Å². The van der Waals surface area contributed by atoms with E-state index in [9.17, 15) is 5.11 Å². The standard InChI is InChI=1S/C17H28N2O/c1-4-14-6-5-7-15(17(14)20)16(12-13(2)3)19-10-8-18-9-11-19/h5-7,13,16,18,20H,4,8-12H2,1-3H3/t16-/m1/s1. The van der Waals surface area contributed by atoms with Crippen molar-refractivity contribution >= 4 is 0 Å². The molecule has 1 heterocycles. The van der Waals surface area contributed by atoms with E-state index in [2.05, 4.69) is 43.1 Å². The molecule has 0 spiro atoms. The highest BCUT2D eigenvalue weighted by molar-refractivity contribution is 5.42. The Bertz CT molecular complexity index is 425. The molecule has 1 aromatic rings. The van der Waals surface area contributed by atoms with Crippen LogP contribution in [-0.2, 0) is 6.42 Å². The molecule has 1 fully saturated rings. The minimum atomic E-state index is 0.337. The van der Waals surface area contributed by atoms with Gasteiger partial charge in [0.15, 0.2) is 0 Å². The van der Waals surface area contributed by atoms with E-state index in [0.29, 0.717) is 17.7 Å². The second-order valence-electron chi connectivity index (χ2n) is 6.14. The maximum Gasteiger partial charge on any atom is 0.123 e. The summed E-state index contributed by atoms with van der Waals surface area (Å²) >= 11 is 0. The van der Waals surface area contributed by atoms with E-state index < -0.39 is 0 Å². The summed E-state index contributed by atoms with van der Waals surface area (Å²) in [6, 6.07) is 6.55. The number of piperazine rings is 1. The lowest BCUT2D eigenvalue weighted by Gasteiger charge is -2.36. The zero-order chi connectivity index (χ0) is 14.5. The normalized spacial score (nSPS) is 18.4. The van der Waals surface area contributed by atoms with Crippen LogP contribution in [-0.4, -0.2) is 36.2 Å². The Balaban J connectivity index is 2.30. The summed E-state index contributed by atoms with van der Waals surface area (Å²) in [6.07, 6.45) is 1.98. The summed E-state index contributed by atoms with van der Waals surface area (Å²) in [7, 11) is 0. The van der Waals surface area contributed by atoms with Crippen LogP contribution in [0.2, 0.25) is 0 Å². The molecule has 0 bridgehead atoms. The molecule has 1 aliphatic heterocycles. The van der Waals surface area contributed by atoms with Gasteiger partial charge >= 0.3 is 0 Å². The number of rotatable bonds is 5. The molecule has 1 aliphatic rings. The van der Waals surface area contributed by atoms with Crippen LogP contribution in [0.25, 0.3) is 0 Å². The van der Waals surface area contributed by atoms with Crippen molar-refractivity contribution in [1.82, 2.24) is 10.2 Å². The van der Waals surface area contributed by atoms with Crippen molar-refractivity contribution < 1.29 is 5.11 Å². The minimum absolute atomic E-state index is 0.337. The zero-order valence-electron chi connectivity index (χ0n) is 13.0. The van der Waals surface area contributed by atoms with Crippen molar-refractivity contribution in [3.05, 3.63) is 29.3 Å². The SMILES string of the molecule is CCc1cccc([C@@H](CC(C)C)N2CCNCC2)c1O. The van der Waals surface area contributed by atoms with Crippen molar-refractivity contribution in [3.63, 3.8) is 0 Å². The van der Waals surface area contributed by atoms with Gasteiger partial charge in [-0.25, -0.2) is 0 Å². The number of para-hydroxylation sites is 1. The Kier molecular flexibility index (Phi) is 5.44. The van der Waals surface area contributed by atoms with Gasteiger partial charge in [0.2, 0.25) is 0 Å². The van der Waals surface area contributed by atoms with E-state index in [1.54, 1.807) is 0 Å². The summed E-state index contributed by atoms with van der Waals surface area (Å²) in [6.45, 7) is 10.8. The summed E-state index contributed by atoms with van der Waals surface area (Å²) < 4.78 is 0. The number of phenolic OH excluding ortho intramolecular Hbond substituents is 1. The average Bonchev–Trinajstić information content (AvgIpc) is 2.46. The molecular formula is C17H28N2O. The Morgan fingerprint density at radius 3 is 2.55 bits per heavy atom. The van der Waals surface area contributed by atoms with Crippen LogP contribution in [0.15, 0.2) is 18.2 Å². The largest absolute Gasteiger partial charge is 0.507 e. The van der Waals surface area contributed by atoms with Gasteiger partial charge in [0.25, 0.3) is 0 Å². The first-order chi connectivity index (χ1) is 9.63. The van der Waals surface area contributed by atoms with Gasteiger partial charge in [0.1, 0.15) is 5.75 Å². The third kappa shape index (κ3) is 3.53. The van der Waals surface area contributed by atoms with Gasteiger partial charge in [-0.3, -0.25) is 4.90 Å². The number of aryl methyl sites for hydroxylation is 1. The number of aromatic hydroxyl groups is 1. The Hall–Kier alpha value is -1.06. The van der Waals surface area contributed by atoms with Gasteiger partial charge in [-0.2, -0.15) is 0 Å². The molecule has 0 aromatic heterocycles. The number of benzene rings is 1. The molecule has 0 aliphatic carbocycles. The van der Waals surface area contributed by atoms with E-state index in [1.165, 1.54) is 0 Å². The topological polar surface area (TPSA) is 35.5 Å². The maximum atomic E-state index is 10.6. The Labute approximate surface area is 123 Å². The number of phenols is 1. The molecule has 0 radical (unpaired) electrons. The minimum Gasteiger partial charge on any atom is -0.507 e. The summed E-state index contributed by atoms with van der Waals surface area (Å²) in [4.78, 5) is 2.52. The molecule has 1 saturated heterocycles. The van der Waals surface area contributed by atoms with Crippen molar-refractivity contribution in [2.24, 2.45) is 5.92 Å². The van der Waals surface area contributed by atoms with Crippen LogP contribution in [0.1, 0.15) is 44.4 Å². The third-order valence-electron chi connectivity index (χ3n) is 4.18. The number of hydrogen-bond donors (Lipinski definition) is 2. The molecule has 112 valence electrons. The van der Waals surface area contributed by atoms with E-state index in [-0.39, 0.29) is 0 Å². The van der Waals surface area contributed by atoms with Crippen LogP contribution in [0.4, 0.5) is 0 Å². The lowest BCUT2D eigenvalue weighted by molar-refractivity contribution is 0.151.